The smallest absolute Gasteiger partial charge is 0.0615 e. The van der Waals surface area contributed by atoms with Crippen molar-refractivity contribution >= 4 is 0 Å². The van der Waals surface area contributed by atoms with E-state index in [2.05, 4.69) is 17.1 Å². The zero-order valence-electron chi connectivity index (χ0n) is 12.8. The van der Waals surface area contributed by atoms with Crippen molar-refractivity contribution < 1.29 is 5.11 Å². The normalized spacial score (nSPS) is 36.8. The first-order valence-corrected chi connectivity index (χ1v) is 8.29. The number of piperidine rings is 1. The van der Waals surface area contributed by atoms with Gasteiger partial charge in [-0.1, -0.05) is 19.8 Å². The van der Waals surface area contributed by atoms with Crippen LogP contribution in [0.5, 0.6) is 0 Å². The highest BCUT2D eigenvalue weighted by Gasteiger charge is 2.41. The van der Waals surface area contributed by atoms with Crippen LogP contribution in [0.15, 0.2) is 0 Å². The third kappa shape index (κ3) is 3.32. The summed E-state index contributed by atoms with van der Waals surface area (Å²) in [5, 5.41) is 13.2. The largest absolute Gasteiger partial charge is 0.394 e. The van der Waals surface area contributed by atoms with E-state index in [4.69, 9.17) is 0 Å². The molecule has 112 valence electrons. The van der Waals surface area contributed by atoms with Crippen LogP contribution in [0.1, 0.15) is 58.3 Å². The summed E-state index contributed by atoms with van der Waals surface area (Å²) in [5.41, 5.74) is 0.0114. The maximum absolute atomic E-state index is 9.75. The van der Waals surface area contributed by atoms with Gasteiger partial charge in [-0.05, 0) is 64.6 Å². The lowest BCUT2D eigenvalue weighted by Gasteiger charge is -2.38. The van der Waals surface area contributed by atoms with Crippen molar-refractivity contribution in [1.82, 2.24) is 10.2 Å². The Labute approximate surface area is 118 Å². The van der Waals surface area contributed by atoms with Crippen molar-refractivity contribution in [2.24, 2.45) is 5.92 Å². The first-order valence-electron chi connectivity index (χ1n) is 8.29. The average molecular weight is 268 g/mol. The predicted octanol–water partition coefficient (Wildman–Crippen LogP) is 2.39. The quantitative estimate of drug-likeness (QED) is 0.776. The molecule has 3 unspecified atom stereocenters. The third-order valence-electron chi connectivity index (χ3n) is 5.72. The van der Waals surface area contributed by atoms with Crippen molar-refractivity contribution in [3.05, 3.63) is 0 Å². The molecule has 0 amide bonds. The van der Waals surface area contributed by atoms with Gasteiger partial charge in [-0.25, -0.2) is 0 Å². The second kappa shape index (κ2) is 7.05. The van der Waals surface area contributed by atoms with Crippen LogP contribution in [0, 0.1) is 5.92 Å². The second-order valence-corrected chi connectivity index (χ2v) is 6.54. The fourth-order valence-corrected chi connectivity index (χ4v) is 4.32. The lowest BCUT2D eigenvalue weighted by Crippen LogP contribution is -2.50. The van der Waals surface area contributed by atoms with E-state index in [9.17, 15) is 5.11 Å². The summed E-state index contributed by atoms with van der Waals surface area (Å²) in [5.74, 6) is 0.655. The van der Waals surface area contributed by atoms with Gasteiger partial charge in [0.25, 0.3) is 0 Å². The van der Waals surface area contributed by atoms with Crippen molar-refractivity contribution in [1.29, 1.82) is 0 Å². The lowest BCUT2D eigenvalue weighted by molar-refractivity contribution is 0.0974. The van der Waals surface area contributed by atoms with Gasteiger partial charge in [-0.3, -0.25) is 0 Å². The number of likely N-dealkylation sites (tertiary alicyclic amines) is 1. The highest BCUT2D eigenvalue weighted by atomic mass is 16.3. The van der Waals surface area contributed by atoms with Crippen LogP contribution in [0.4, 0.5) is 0 Å². The van der Waals surface area contributed by atoms with Gasteiger partial charge in [0, 0.05) is 11.6 Å². The SMILES string of the molecule is CCC1CCCCN1CCC1CCCC1(CO)NC. The van der Waals surface area contributed by atoms with E-state index in [0.29, 0.717) is 12.5 Å². The number of aliphatic hydroxyl groups is 1. The molecule has 2 aliphatic rings. The maximum atomic E-state index is 9.75. The molecule has 2 N–H and O–H groups in total. The van der Waals surface area contributed by atoms with Crippen LogP contribution < -0.4 is 5.32 Å². The van der Waals surface area contributed by atoms with Crippen LogP contribution in [-0.2, 0) is 0 Å². The minimum atomic E-state index is 0.0114. The molecule has 0 aromatic carbocycles. The Morgan fingerprint density at radius 3 is 2.79 bits per heavy atom. The summed E-state index contributed by atoms with van der Waals surface area (Å²) < 4.78 is 0. The van der Waals surface area contributed by atoms with Crippen LogP contribution in [0.25, 0.3) is 0 Å². The monoisotopic (exact) mass is 268 g/mol. The molecule has 19 heavy (non-hydrogen) atoms. The number of nitrogens with zero attached hydrogens (tertiary/aromatic N) is 1. The lowest BCUT2D eigenvalue weighted by atomic mass is 9.85. The fraction of sp³-hybridized carbons (Fsp3) is 1.00. The molecule has 2 fully saturated rings. The second-order valence-electron chi connectivity index (χ2n) is 6.54. The average Bonchev–Trinajstić information content (AvgIpc) is 2.88. The first kappa shape index (κ1) is 15.3. The van der Waals surface area contributed by atoms with E-state index >= 15 is 0 Å². The topological polar surface area (TPSA) is 35.5 Å². The molecule has 3 atom stereocenters. The first-order chi connectivity index (χ1) is 9.25. The summed E-state index contributed by atoms with van der Waals surface area (Å²) in [6.45, 7) is 5.14. The van der Waals surface area contributed by atoms with E-state index in [1.54, 1.807) is 0 Å². The molecule has 3 heteroatoms. The Morgan fingerprint density at radius 1 is 1.26 bits per heavy atom. The van der Waals surface area contributed by atoms with Crippen LogP contribution in [-0.4, -0.2) is 48.3 Å². The minimum Gasteiger partial charge on any atom is -0.394 e. The summed E-state index contributed by atoms with van der Waals surface area (Å²) in [6, 6.07) is 0.813. The molecule has 0 aromatic heterocycles. The molecule has 1 heterocycles. The molecule has 0 radical (unpaired) electrons. The standard InChI is InChI=1S/C16H32N2O/c1-3-15-8-4-5-11-18(15)12-9-14-7-6-10-16(14,13-19)17-2/h14-15,17,19H,3-13H2,1-2H3. The van der Waals surface area contributed by atoms with Gasteiger partial charge in [0.1, 0.15) is 0 Å². The maximum Gasteiger partial charge on any atom is 0.0615 e. The number of likely N-dealkylation sites (N-methyl/N-ethyl adjacent to an activating group) is 1. The number of hydrogen-bond donors (Lipinski definition) is 2. The fourth-order valence-electron chi connectivity index (χ4n) is 4.32. The third-order valence-corrected chi connectivity index (χ3v) is 5.72. The molecule has 0 spiro atoms. The zero-order valence-corrected chi connectivity index (χ0v) is 12.8. The predicted molar refractivity (Wildman–Crippen MR) is 80.3 cm³/mol. The van der Waals surface area contributed by atoms with Gasteiger partial charge in [0.2, 0.25) is 0 Å². The summed E-state index contributed by atoms with van der Waals surface area (Å²) in [6.07, 6.45) is 10.4. The highest BCUT2D eigenvalue weighted by molar-refractivity contribution is 4.98. The molecule has 1 aliphatic heterocycles. The number of aliphatic hydroxyl groups excluding tert-OH is 1. The molecule has 1 aliphatic carbocycles. The molecule has 3 nitrogen and oxygen atoms in total. The van der Waals surface area contributed by atoms with Gasteiger partial charge in [-0.2, -0.15) is 0 Å². The van der Waals surface area contributed by atoms with E-state index in [0.717, 1.165) is 12.5 Å². The van der Waals surface area contributed by atoms with Crippen LogP contribution in [0.3, 0.4) is 0 Å². The Bertz CT molecular complexity index is 265. The summed E-state index contributed by atoms with van der Waals surface area (Å²) in [4.78, 5) is 2.71. The number of nitrogens with one attached hydrogen (secondary N) is 1. The molecule has 1 saturated heterocycles. The van der Waals surface area contributed by atoms with Gasteiger partial charge in [-0.15, -0.1) is 0 Å². The van der Waals surface area contributed by atoms with Crippen LogP contribution in [0.2, 0.25) is 0 Å². The van der Waals surface area contributed by atoms with Crippen molar-refractivity contribution in [2.75, 3.05) is 26.7 Å². The zero-order chi connectivity index (χ0) is 13.7. The Kier molecular flexibility index (Phi) is 5.67. The number of hydrogen-bond acceptors (Lipinski definition) is 3. The molecule has 1 saturated carbocycles. The summed E-state index contributed by atoms with van der Waals surface area (Å²) >= 11 is 0. The van der Waals surface area contributed by atoms with Crippen molar-refractivity contribution in [3.63, 3.8) is 0 Å². The molecule has 0 bridgehead atoms. The Morgan fingerprint density at radius 2 is 2.11 bits per heavy atom. The van der Waals surface area contributed by atoms with Gasteiger partial charge in [0.15, 0.2) is 0 Å². The van der Waals surface area contributed by atoms with Crippen LogP contribution >= 0.6 is 0 Å². The van der Waals surface area contributed by atoms with Gasteiger partial charge < -0.3 is 15.3 Å². The number of rotatable bonds is 6. The van der Waals surface area contributed by atoms with Crippen molar-refractivity contribution in [2.45, 2.75) is 69.9 Å². The van der Waals surface area contributed by atoms with Gasteiger partial charge in [0.05, 0.1) is 6.61 Å². The van der Waals surface area contributed by atoms with E-state index < -0.39 is 0 Å². The van der Waals surface area contributed by atoms with Gasteiger partial charge >= 0.3 is 0 Å². The molecular weight excluding hydrogens is 236 g/mol. The molecule has 0 aromatic rings. The minimum absolute atomic E-state index is 0.0114. The van der Waals surface area contributed by atoms with E-state index in [-0.39, 0.29) is 5.54 Å². The molecule has 2 rings (SSSR count). The van der Waals surface area contributed by atoms with E-state index in [1.807, 2.05) is 7.05 Å². The van der Waals surface area contributed by atoms with E-state index in [1.165, 1.54) is 58.0 Å². The molecular formula is C16H32N2O. The Hall–Kier alpha value is -0.120. The Balaban J connectivity index is 1.87. The van der Waals surface area contributed by atoms with Crippen molar-refractivity contribution in [3.8, 4) is 0 Å². The highest BCUT2D eigenvalue weighted by Crippen LogP contribution is 2.37. The summed E-state index contributed by atoms with van der Waals surface area (Å²) in [7, 11) is 2.02.